The average molecular weight is 306 g/mol. The van der Waals surface area contributed by atoms with Crippen molar-refractivity contribution in [3.05, 3.63) is 76.6 Å². The molecule has 0 aromatic heterocycles. The van der Waals surface area contributed by atoms with E-state index in [1.807, 2.05) is 36.4 Å². The predicted molar refractivity (Wildman–Crippen MR) is 88.8 cm³/mol. The van der Waals surface area contributed by atoms with E-state index >= 15 is 0 Å². The highest BCUT2D eigenvalue weighted by Gasteiger charge is 2.38. The molecule has 2 aromatic rings. The summed E-state index contributed by atoms with van der Waals surface area (Å²) in [6, 6.07) is 16.8. The van der Waals surface area contributed by atoms with Crippen LogP contribution < -0.4 is 0 Å². The lowest BCUT2D eigenvalue weighted by molar-refractivity contribution is 0.0715. The van der Waals surface area contributed by atoms with Crippen LogP contribution in [0.2, 0.25) is 13.1 Å². The number of fused-ring (bicyclic) bond motifs is 1. The van der Waals surface area contributed by atoms with Crippen molar-refractivity contribution in [1.29, 1.82) is 0 Å². The van der Waals surface area contributed by atoms with Crippen LogP contribution in [0.25, 0.3) is 6.08 Å². The van der Waals surface area contributed by atoms with Gasteiger partial charge in [0.1, 0.15) is 8.80 Å². The standard InChI is InChI=1S/C18H16NO2Si/c1-22(2)16(12-13-8-4-3-5-9-13)19-17(20)14-10-6-7-11-15(14)18(19)21/h3-12H,1-2H3/b16-12-. The number of nitrogens with zero attached hydrogens (tertiary/aromatic N) is 1. The van der Waals surface area contributed by atoms with Crippen LogP contribution in [-0.4, -0.2) is 25.5 Å². The van der Waals surface area contributed by atoms with E-state index in [0.717, 1.165) is 10.9 Å². The van der Waals surface area contributed by atoms with Gasteiger partial charge in [-0.05, 0) is 23.8 Å². The van der Waals surface area contributed by atoms with Crippen molar-refractivity contribution in [1.82, 2.24) is 4.90 Å². The minimum Gasteiger partial charge on any atom is -0.268 e. The fraction of sp³-hybridized carbons (Fsp3) is 0.111. The van der Waals surface area contributed by atoms with Gasteiger partial charge in [0.2, 0.25) is 0 Å². The van der Waals surface area contributed by atoms with Crippen molar-refractivity contribution in [3.63, 3.8) is 0 Å². The van der Waals surface area contributed by atoms with E-state index < -0.39 is 8.80 Å². The Morgan fingerprint density at radius 1 is 0.864 bits per heavy atom. The van der Waals surface area contributed by atoms with Crippen molar-refractivity contribution >= 4 is 26.7 Å². The van der Waals surface area contributed by atoms with E-state index in [1.54, 1.807) is 24.3 Å². The second kappa shape index (κ2) is 5.73. The molecule has 1 aliphatic heterocycles. The predicted octanol–water partition coefficient (Wildman–Crippen LogP) is 3.62. The van der Waals surface area contributed by atoms with Crippen LogP contribution in [0.5, 0.6) is 0 Å². The molecule has 1 radical (unpaired) electrons. The molecule has 0 aliphatic carbocycles. The van der Waals surface area contributed by atoms with Crippen molar-refractivity contribution in [2.45, 2.75) is 13.1 Å². The van der Waals surface area contributed by atoms with Crippen molar-refractivity contribution < 1.29 is 9.59 Å². The molecule has 0 bridgehead atoms. The van der Waals surface area contributed by atoms with Crippen LogP contribution in [0.1, 0.15) is 26.3 Å². The van der Waals surface area contributed by atoms with Gasteiger partial charge < -0.3 is 0 Å². The second-order valence-electron chi connectivity index (χ2n) is 5.43. The first-order valence-corrected chi connectivity index (χ1v) is 9.64. The Balaban J connectivity index is 2.07. The lowest BCUT2D eigenvalue weighted by atomic mass is 10.1. The van der Waals surface area contributed by atoms with E-state index in [2.05, 4.69) is 13.1 Å². The quantitative estimate of drug-likeness (QED) is 0.641. The zero-order valence-corrected chi connectivity index (χ0v) is 13.5. The average Bonchev–Trinajstić information content (AvgIpc) is 2.78. The Kier molecular flexibility index (Phi) is 3.77. The summed E-state index contributed by atoms with van der Waals surface area (Å²) in [5.41, 5.74) is 1.99. The van der Waals surface area contributed by atoms with Gasteiger partial charge in [-0.3, -0.25) is 14.5 Å². The van der Waals surface area contributed by atoms with Gasteiger partial charge in [-0.25, -0.2) is 0 Å². The third-order valence-electron chi connectivity index (χ3n) is 3.65. The summed E-state index contributed by atoms with van der Waals surface area (Å²) in [7, 11) is -0.990. The fourth-order valence-electron chi connectivity index (χ4n) is 2.55. The monoisotopic (exact) mass is 306 g/mol. The molecule has 0 atom stereocenters. The highest BCUT2D eigenvalue weighted by molar-refractivity contribution is 6.65. The van der Waals surface area contributed by atoms with Crippen LogP contribution in [0, 0.1) is 0 Å². The van der Waals surface area contributed by atoms with Crippen LogP contribution in [0.4, 0.5) is 0 Å². The summed E-state index contributed by atoms with van der Waals surface area (Å²) in [5, 5.41) is 0.822. The molecule has 3 nitrogen and oxygen atoms in total. The first-order chi connectivity index (χ1) is 10.6. The van der Waals surface area contributed by atoms with Gasteiger partial charge in [-0.15, -0.1) is 0 Å². The molecule has 1 aliphatic rings. The van der Waals surface area contributed by atoms with Crippen LogP contribution in [-0.2, 0) is 0 Å². The Hall–Kier alpha value is -2.46. The number of carbonyl (C=O) groups is 2. The third kappa shape index (κ3) is 2.42. The third-order valence-corrected chi connectivity index (χ3v) is 5.04. The first kappa shape index (κ1) is 14.5. The molecule has 0 unspecified atom stereocenters. The van der Waals surface area contributed by atoms with E-state index in [9.17, 15) is 9.59 Å². The lowest BCUT2D eigenvalue weighted by Gasteiger charge is -2.20. The topological polar surface area (TPSA) is 37.4 Å². The molecular formula is C18H16NO2Si. The highest BCUT2D eigenvalue weighted by atomic mass is 28.3. The van der Waals surface area contributed by atoms with E-state index in [0.29, 0.717) is 11.1 Å². The maximum atomic E-state index is 12.6. The maximum Gasteiger partial charge on any atom is 0.265 e. The fourth-order valence-corrected chi connectivity index (χ4v) is 3.65. The van der Waals surface area contributed by atoms with Crippen LogP contribution >= 0.6 is 0 Å². The molecule has 3 rings (SSSR count). The number of imide groups is 1. The van der Waals surface area contributed by atoms with E-state index in [-0.39, 0.29) is 11.8 Å². The number of amides is 2. The maximum absolute atomic E-state index is 12.6. The van der Waals surface area contributed by atoms with Crippen LogP contribution in [0.15, 0.2) is 59.9 Å². The molecule has 0 saturated carbocycles. The molecule has 2 aromatic carbocycles. The number of hydrogen-bond acceptors (Lipinski definition) is 2. The molecule has 0 fully saturated rings. The molecule has 0 saturated heterocycles. The lowest BCUT2D eigenvalue weighted by Crippen LogP contribution is -2.34. The van der Waals surface area contributed by atoms with Gasteiger partial charge in [-0.1, -0.05) is 55.6 Å². The Morgan fingerprint density at radius 2 is 1.36 bits per heavy atom. The SMILES string of the molecule is C[Si](C)/C(=C\c1ccccc1)N1C(=O)c2ccccc2C1=O. The molecule has 2 amide bonds. The molecule has 1 heterocycles. The zero-order valence-electron chi connectivity index (χ0n) is 12.5. The number of hydrogen-bond donors (Lipinski definition) is 0. The molecule has 109 valence electrons. The molecule has 0 N–H and O–H groups in total. The van der Waals surface area contributed by atoms with E-state index in [1.165, 1.54) is 4.90 Å². The smallest absolute Gasteiger partial charge is 0.265 e. The summed E-state index contributed by atoms with van der Waals surface area (Å²) >= 11 is 0. The minimum absolute atomic E-state index is 0.214. The van der Waals surface area contributed by atoms with Gasteiger partial charge in [0.05, 0.1) is 11.1 Å². The normalized spacial score (nSPS) is 14.7. The van der Waals surface area contributed by atoms with Gasteiger partial charge in [0, 0.05) is 5.32 Å². The Morgan fingerprint density at radius 3 is 1.86 bits per heavy atom. The molecule has 22 heavy (non-hydrogen) atoms. The van der Waals surface area contributed by atoms with Crippen molar-refractivity contribution in [2.75, 3.05) is 0 Å². The Bertz CT molecular complexity index is 731. The summed E-state index contributed by atoms with van der Waals surface area (Å²) in [5.74, 6) is -0.428. The van der Waals surface area contributed by atoms with Gasteiger partial charge in [0.15, 0.2) is 0 Å². The second-order valence-corrected chi connectivity index (χ2v) is 7.94. The number of carbonyl (C=O) groups excluding carboxylic acids is 2. The van der Waals surface area contributed by atoms with Gasteiger partial charge >= 0.3 is 0 Å². The van der Waals surface area contributed by atoms with E-state index in [4.69, 9.17) is 0 Å². The Labute approximate surface area is 131 Å². The van der Waals surface area contributed by atoms with Gasteiger partial charge in [0.25, 0.3) is 11.8 Å². The molecule has 4 heteroatoms. The van der Waals surface area contributed by atoms with Gasteiger partial charge in [-0.2, -0.15) is 0 Å². The number of benzene rings is 2. The molecular weight excluding hydrogens is 290 g/mol. The molecule has 0 spiro atoms. The minimum atomic E-state index is -0.990. The summed E-state index contributed by atoms with van der Waals surface area (Å²) in [6.45, 7) is 4.17. The number of rotatable bonds is 3. The largest absolute Gasteiger partial charge is 0.268 e. The summed E-state index contributed by atoms with van der Waals surface area (Å²) < 4.78 is 0. The summed E-state index contributed by atoms with van der Waals surface area (Å²) in [6.07, 6.45) is 1.95. The highest BCUT2D eigenvalue weighted by Crippen LogP contribution is 2.28. The first-order valence-electron chi connectivity index (χ1n) is 7.14. The van der Waals surface area contributed by atoms with Crippen LogP contribution in [0.3, 0.4) is 0 Å². The zero-order chi connectivity index (χ0) is 15.7. The van der Waals surface area contributed by atoms with Crippen molar-refractivity contribution in [3.8, 4) is 0 Å². The van der Waals surface area contributed by atoms with Crippen molar-refractivity contribution in [2.24, 2.45) is 0 Å². The summed E-state index contributed by atoms with van der Waals surface area (Å²) in [4.78, 5) is 26.6.